The molecule has 1 aliphatic heterocycles. The van der Waals surface area contributed by atoms with E-state index in [4.69, 9.17) is 18.3 Å². The predicted octanol–water partition coefficient (Wildman–Crippen LogP) is 7.06. The van der Waals surface area contributed by atoms with E-state index in [2.05, 4.69) is 84.2 Å². The molecule has 258 valence electrons. The predicted molar refractivity (Wildman–Crippen MR) is 192 cm³/mol. The third-order valence-electron chi connectivity index (χ3n) is 9.58. The minimum atomic E-state index is -3.54. The van der Waals surface area contributed by atoms with Crippen LogP contribution in [0, 0.1) is 0 Å². The van der Waals surface area contributed by atoms with E-state index in [1.807, 2.05) is 6.07 Å². The van der Waals surface area contributed by atoms with E-state index in [1.54, 1.807) is 19.1 Å². The molecule has 3 rings (SSSR count). The van der Waals surface area contributed by atoms with Crippen LogP contribution in [-0.4, -0.2) is 69.6 Å². The van der Waals surface area contributed by atoms with E-state index >= 15 is 0 Å². The Kier molecular flexibility index (Phi) is 13.0. The Labute approximate surface area is 279 Å². The maximum atomic E-state index is 12.9. The lowest BCUT2D eigenvalue weighted by Crippen LogP contribution is -2.50. The molecule has 0 aliphatic carbocycles. The summed E-state index contributed by atoms with van der Waals surface area (Å²) in [4.78, 5) is 11.8. The molecule has 0 bridgehead atoms. The summed E-state index contributed by atoms with van der Waals surface area (Å²) in [6.07, 6.45) is 1.63. The summed E-state index contributed by atoms with van der Waals surface area (Å²) in [5, 5.41) is 3.77. The highest BCUT2D eigenvalue weighted by Gasteiger charge is 2.39. The zero-order valence-electron chi connectivity index (χ0n) is 29.6. The maximum absolute atomic E-state index is 12.9. The molecule has 1 heterocycles. The Balaban J connectivity index is 1.86. The zero-order valence-corrected chi connectivity index (χ0v) is 32.4. The second-order valence-corrected chi connectivity index (χ2v) is 25.1. The Morgan fingerprint density at radius 1 is 1.00 bits per heavy atom. The van der Waals surface area contributed by atoms with Crippen molar-refractivity contribution in [2.75, 3.05) is 36.9 Å². The summed E-state index contributed by atoms with van der Waals surface area (Å²) >= 11 is 0. The molecule has 0 aromatic heterocycles. The molecule has 9 nitrogen and oxygen atoms in total. The van der Waals surface area contributed by atoms with E-state index < -0.39 is 32.6 Å². The van der Waals surface area contributed by atoms with Crippen molar-refractivity contribution in [3.05, 3.63) is 53.6 Å². The second kappa shape index (κ2) is 15.7. The van der Waals surface area contributed by atoms with Crippen molar-refractivity contribution >= 4 is 38.3 Å². The molecule has 0 amide bonds. The van der Waals surface area contributed by atoms with Crippen LogP contribution in [-0.2, 0) is 30.4 Å². The Morgan fingerprint density at radius 3 is 2.15 bits per heavy atom. The van der Waals surface area contributed by atoms with Crippen LogP contribution in [0.1, 0.15) is 65.7 Å². The molecule has 0 spiro atoms. The van der Waals surface area contributed by atoms with Crippen molar-refractivity contribution in [3.63, 3.8) is 0 Å². The first-order chi connectivity index (χ1) is 21.5. The minimum Gasteiger partial charge on any atom is -0.544 e. The molecule has 1 unspecified atom stereocenters. The van der Waals surface area contributed by atoms with Gasteiger partial charge in [-0.2, -0.15) is 0 Å². The number of sulfonamides is 1. The van der Waals surface area contributed by atoms with Gasteiger partial charge in [0.15, 0.2) is 14.9 Å². The van der Waals surface area contributed by atoms with Gasteiger partial charge in [-0.15, -0.1) is 0 Å². The number of carbonyl (C=O) groups is 1. The number of ether oxygens (including phenoxy) is 2. The molecular formula is C34H56N2O7SSi2. The lowest BCUT2D eigenvalue weighted by molar-refractivity contribution is -0.145. The fourth-order valence-corrected chi connectivity index (χ4v) is 10.3. The van der Waals surface area contributed by atoms with Gasteiger partial charge >= 0.3 is 5.97 Å². The highest BCUT2D eigenvalue weighted by molar-refractivity contribution is 7.92. The standard InChI is InChI=1S/C34H56N2O7SSi2/c1-11-40-33(37)25-41-30-19-20-31-27(22-30)21-28(24-36(31)44(8,38)39)35-23-32(43-46(12-2,13-3)14-4)26-15-17-29(18-16-26)42-45(9,10)34(5,6)7/h15-20,22,28,32,35H,11-14,21,23-25H2,1-10H3/t28?,32-/m0/s1. The zero-order chi connectivity index (χ0) is 34.3. The molecule has 1 N–H and O–H groups in total. The molecular weight excluding hydrogens is 637 g/mol. The van der Waals surface area contributed by atoms with Crippen LogP contribution in [0.15, 0.2) is 42.5 Å². The van der Waals surface area contributed by atoms with Gasteiger partial charge in [-0.25, -0.2) is 13.2 Å². The maximum Gasteiger partial charge on any atom is 0.344 e. The van der Waals surface area contributed by atoms with Crippen LogP contribution in [0.4, 0.5) is 5.69 Å². The first kappa shape index (κ1) is 38.1. The van der Waals surface area contributed by atoms with Crippen LogP contribution in [0.5, 0.6) is 11.5 Å². The van der Waals surface area contributed by atoms with Gasteiger partial charge in [0.05, 0.1) is 24.7 Å². The fraction of sp³-hybridized carbons (Fsp3) is 0.618. The first-order valence-electron chi connectivity index (χ1n) is 16.6. The number of carbonyl (C=O) groups excluding carboxylic acids is 1. The first-order valence-corrected chi connectivity index (χ1v) is 23.8. The summed E-state index contributed by atoms with van der Waals surface area (Å²) in [7, 11) is -7.50. The van der Waals surface area contributed by atoms with E-state index in [-0.39, 0.29) is 30.4 Å². The highest BCUT2D eigenvalue weighted by Crippen LogP contribution is 2.38. The van der Waals surface area contributed by atoms with Gasteiger partial charge in [-0.1, -0.05) is 53.7 Å². The molecule has 0 saturated carbocycles. The lowest BCUT2D eigenvalue weighted by Gasteiger charge is -2.38. The lowest BCUT2D eigenvalue weighted by atomic mass is 9.98. The van der Waals surface area contributed by atoms with Gasteiger partial charge in [0.1, 0.15) is 11.5 Å². The molecule has 0 radical (unpaired) electrons. The quantitative estimate of drug-likeness (QED) is 0.147. The van der Waals surface area contributed by atoms with Crippen molar-refractivity contribution in [2.24, 2.45) is 0 Å². The van der Waals surface area contributed by atoms with Crippen LogP contribution < -0.4 is 18.8 Å². The monoisotopic (exact) mass is 692 g/mol. The number of anilines is 1. The van der Waals surface area contributed by atoms with Gasteiger partial charge in [-0.3, -0.25) is 4.31 Å². The molecule has 0 saturated heterocycles. The number of rotatable bonds is 16. The Bertz CT molecular complexity index is 1400. The van der Waals surface area contributed by atoms with Gasteiger partial charge < -0.3 is 23.6 Å². The summed E-state index contributed by atoms with van der Waals surface area (Å²) in [5.74, 6) is 0.918. The van der Waals surface area contributed by atoms with Crippen molar-refractivity contribution in [1.29, 1.82) is 0 Å². The van der Waals surface area contributed by atoms with Crippen molar-refractivity contribution in [3.8, 4) is 11.5 Å². The van der Waals surface area contributed by atoms with Gasteiger partial charge in [-0.05, 0) is 91.1 Å². The number of nitrogens with one attached hydrogen (secondary N) is 1. The van der Waals surface area contributed by atoms with E-state index in [0.29, 0.717) is 30.9 Å². The normalized spacial score (nSPS) is 16.5. The summed E-state index contributed by atoms with van der Waals surface area (Å²) in [6, 6.07) is 16.5. The smallest absolute Gasteiger partial charge is 0.344 e. The molecule has 2 atom stereocenters. The third kappa shape index (κ3) is 9.82. The van der Waals surface area contributed by atoms with Crippen molar-refractivity contribution in [2.45, 2.75) is 103 Å². The van der Waals surface area contributed by atoms with Crippen LogP contribution in [0.25, 0.3) is 0 Å². The molecule has 1 aliphatic rings. The summed E-state index contributed by atoms with van der Waals surface area (Å²) in [5.41, 5.74) is 2.54. The van der Waals surface area contributed by atoms with E-state index in [0.717, 1.165) is 35.0 Å². The molecule has 12 heteroatoms. The van der Waals surface area contributed by atoms with Crippen molar-refractivity contribution in [1.82, 2.24) is 5.32 Å². The Morgan fingerprint density at radius 2 is 1.61 bits per heavy atom. The van der Waals surface area contributed by atoms with E-state index in [9.17, 15) is 13.2 Å². The minimum absolute atomic E-state index is 0.0993. The van der Waals surface area contributed by atoms with Crippen LogP contribution >= 0.6 is 0 Å². The number of benzene rings is 2. The van der Waals surface area contributed by atoms with E-state index in [1.165, 1.54) is 10.6 Å². The van der Waals surface area contributed by atoms with Gasteiger partial charge in [0, 0.05) is 19.1 Å². The van der Waals surface area contributed by atoms with Crippen LogP contribution in [0.3, 0.4) is 0 Å². The van der Waals surface area contributed by atoms with Gasteiger partial charge in [0.25, 0.3) is 0 Å². The second-order valence-electron chi connectivity index (χ2n) is 13.8. The number of hydrogen-bond acceptors (Lipinski definition) is 8. The molecule has 46 heavy (non-hydrogen) atoms. The van der Waals surface area contributed by atoms with Crippen LogP contribution in [0.2, 0.25) is 36.3 Å². The summed E-state index contributed by atoms with van der Waals surface area (Å²) in [6.45, 7) is 20.5. The van der Waals surface area contributed by atoms with Gasteiger partial charge in [0.2, 0.25) is 18.3 Å². The SMILES string of the molecule is CCOC(=O)COc1ccc2c(c1)CC(NC[C@H](O[Si](CC)(CC)CC)c1ccc(O[Si](C)(C)C(C)(C)C)cc1)CN2S(C)(=O)=O. The number of esters is 1. The number of fused-ring (bicyclic) bond motifs is 1. The highest BCUT2D eigenvalue weighted by atomic mass is 32.2. The third-order valence-corrected chi connectivity index (χ3v) is 19.7. The average Bonchev–Trinajstić information content (AvgIpc) is 2.99. The average molecular weight is 693 g/mol. The molecule has 0 fully saturated rings. The number of nitrogens with zero attached hydrogens (tertiary/aromatic N) is 1. The topological polar surface area (TPSA) is 103 Å². The molecule has 2 aromatic carbocycles. The largest absolute Gasteiger partial charge is 0.544 e. The Hall–Kier alpha value is -2.39. The fourth-order valence-electron chi connectivity index (χ4n) is 5.48. The summed E-state index contributed by atoms with van der Waals surface area (Å²) < 4.78 is 51.5. The molecule has 2 aromatic rings. The van der Waals surface area contributed by atoms with Crippen molar-refractivity contribution < 1.29 is 31.5 Å². The number of hydrogen-bond donors (Lipinski definition) is 1.